The number of likely N-dealkylation sites (N-methyl/N-ethyl adjacent to an activating group) is 1. The summed E-state index contributed by atoms with van der Waals surface area (Å²) in [5.41, 5.74) is 2.15. The average molecular weight is 476 g/mol. The van der Waals surface area contributed by atoms with Gasteiger partial charge in [0.1, 0.15) is 5.82 Å². The van der Waals surface area contributed by atoms with E-state index >= 15 is 0 Å². The second-order valence-corrected chi connectivity index (χ2v) is 6.52. The Labute approximate surface area is 170 Å². The number of hydrogen-bond donors (Lipinski definition) is 2. The molecule has 7 heteroatoms. The molecule has 0 amide bonds. The van der Waals surface area contributed by atoms with Gasteiger partial charge in [0.2, 0.25) is 0 Å². The lowest BCUT2D eigenvalue weighted by molar-refractivity contribution is 0.297. The van der Waals surface area contributed by atoms with Crippen LogP contribution in [0, 0.1) is 5.82 Å². The fourth-order valence-electron chi connectivity index (χ4n) is 2.40. The third-order valence-corrected chi connectivity index (χ3v) is 4.40. The highest BCUT2D eigenvalue weighted by molar-refractivity contribution is 14.0. The topological polar surface area (TPSA) is 39.7 Å². The average Bonchev–Trinajstić information content (AvgIpc) is 3.06. The van der Waals surface area contributed by atoms with Gasteiger partial charge in [-0.05, 0) is 61.1 Å². The number of halogens is 2. The first-order valence-corrected chi connectivity index (χ1v) is 8.99. The van der Waals surface area contributed by atoms with E-state index in [1.54, 1.807) is 23.5 Å². The fourth-order valence-corrected chi connectivity index (χ4v) is 3.06. The smallest absolute Gasteiger partial charge is 0.191 e. The Balaban J connectivity index is 0.00000312. The van der Waals surface area contributed by atoms with Crippen LogP contribution in [0.15, 0.2) is 46.1 Å². The Kier molecular flexibility index (Phi) is 9.99. The lowest BCUT2D eigenvalue weighted by atomic mass is 10.1. The van der Waals surface area contributed by atoms with E-state index in [0.29, 0.717) is 13.1 Å². The van der Waals surface area contributed by atoms with Crippen molar-refractivity contribution in [3.05, 3.63) is 58.0 Å². The van der Waals surface area contributed by atoms with Crippen LogP contribution in [0.3, 0.4) is 0 Å². The molecule has 25 heavy (non-hydrogen) atoms. The van der Waals surface area contributed by atoms with E-state index in [1.165, 1.54) is 11.6 Å². The maximum atomic E-state index is 13.5. The van der Waals surface area contributed by atoms with Gasteiger partial charge >= 0.3 is 0 Å². The Morgan fingerprint density at radius 3 is 2.68 bits per heavy atom. The molecule has 2 N–H and O–H groups in total. The van der Waals surface area contributed by atoms with Gasteiger partial charge < -0.3 is 15.5 Å². The Morgan fingerprint density at radius 1 is 1.28 bits per heavy atom. The van der Waals surface area contributed by atoms with E-state index < -0.39 is 0 Å². The van der Waals surface area contributed by atoms with Crippen LogP contribution in [0.5, 0.6) is 0 Å². The summed E-state index contributed by atoms with van der Waals surface area (Å²) >= 11 is 1.67. The lowest BCUT2D eigenvalue weighted by Crippen LogP contribution is -2.41. The standard InChI is InChI=1S/C18H25FN4S.HI/c1-4-20-18(21-11-14-8-9-24-13-14)22-12-17(23(2)3)15-6-5-7-16(19)10-15;/h5-10,13,17H,4,11-12H2,1-3H3,(H2,20,21,22);1H. The molecule has 0 aliphatic carbocycles. The molecule has 0 aliphatic heterocycles. The monoisotopic (exact) mass is 476 g/mol. The van der Waals surface area contributed by atoms with Gasteiger partial charge in [-0.15, -0.1) is 24.0 Å². The van der Waals surface area contributed by atoms with Crippen molar-refractivity contribution in [3.8, 4) is 0 Å². The van der Waals surface area contributed by atoms with Crippen molar-refractivity contribution < 1.29 is 4.39 Å². The molecule has 0 saturated carbocycles. The first kappa shape index (κ1) is 21.9. The number of rotatable bonds is 7. The van der Waals surface area contributed by atoms with Crippen LogP contribution in [-0.2, 0) is 6.54 Å². The van der Waals surface area contributed by atoms with Gasteiger partial charge in [0.25, 0.3) is 0 Å². The molecule has 1 aromatic carbocycles. The van der Waals surface area contributed by atoms with Gasteiger partial charge in [-0.25, -0.2) is 9.38 Å². The van der Waals surface area contributed by atoms with E-state index in [-0.39, 0.29) is 35.8 Å². The number of benzene rings is 1. The van der Waals surface area contributed by atoms with Crippen molar-refractivity contribution in [2.24, 2.45) is 4.99 Å². The van der Waals surface area contributed by atoms with Crippen molar-refractivity contribution in [3.63, 3.8) is 0 Å². The summed E-state index contributed by atoms with van der Waals surface area (Å²) in [5, 5.41) is 10.8. The summed E-state index contributed by atoms with van der Waals surface area (Å²) in [6.07, 6.45) is 0. The predicted molar refractivity (Wildman–Crippen MR) is 115 cm³/mol. The Bertz CT molecular complexity index is 646. The molecule has 0 bridgehead atoms. The van der Waals surface area contributed by atoms with Crippen molar-refractivity contribution in [2.45, 2.75) is 19.5 Å². The van der Waals surface area contributed by atoms with Gasteiger partial charge in [0, 0.05) is 13.1 Å². The first-order valence-electron chi connectivity index (χ1n) is 8.05. The second kappa shape index (κ2) is 11.4. The highest BCUT2D eigenvalue weighted by Crippen LogP contribution is 2.18. The van der Waals surface area contributed by atoms with E-state index in [9.17, 15) is 4.39 Å². The van der Waals surface area contributed by atoms with Crippen molar-refractivity contribution in [2.75, 3.05) is 27.2 Å². The molecule has 0 radical (unpaired) electrons. The predicted octanol–water partition coefficient (Wildman–Crippen LogP) is 3.86. The molecule has 0 spiro atoms. The molecule has 1 aromatic heterocycles. The van der Waals surface area contributed by atoms with Gasteiger partial charge in [-0.2, -0.15) is 11.3 Å². The summed E-state index contributed by atoms with van der Waals surface area (Å²) < 4.78 is 13.5. The van der Waals surface area contributed by atoms with Crippen LogP contribution < -0.4 is 10.6 Å². The zero-order valence-electron chi connectivity index (χ0n) is 14.8. The minimum atomic E-state index is -0.211. The lowest BCUT2D eigenvalue weighted by Gasteiger charge is -2.26. The SMILES string of the molecule is CCNC(=NCc1ccsc1)NCC(c1cccc(F)c1)N(C)C.I. The molecule has 0 fully saturated rings. The molecule has 1 atom stereocenters. The maximum absolute atomic E-state index is 13.5. The van der Waals surface area contributed by atoms with Crippen LogP contribution >= 0.6 is 35.3 Å². The fraction of sp³-hybridized carbons (Fsp3) is 0.389. The van der Waals surface area contributed by atoms with Crippen LogP contribution in [0.4, 0.5) is 4.39 Å². The molecule has 0 aliphatic rings. The van der Waals surface area contributed by atoms with E-state index in [1.807, 2.05) is 27.1 Å². The van der Waals surface area contributed by atoms with E-state index in [0.717, 1.165) is 18.1 Å². The molecular formula is C18H26FIN4S. The van der Waals surface area contributed by atoms with Gasteiger partial charge in [-0.1, -0.05) is 12.1 Å². The summed E-state index contributed by atoms with van der Waals surface area (Å²) in [6.45, 7) is 4.12. The molecule has 2 rings (SSSR count). The summed E-state index contributed by atoms with van der Waals surface area (Å²) in [5.74, 6) is 0.560. The van der Waals surface area contributed by atoms with Gasteiger partial charge in [0.05, 0.1) is 12.6 Å². The van der Waals surface area contributed by atoms with Crippen molar-refractivity contribution in [1.82, 2.24) is 15.5 Å². The normalized spacial score (nSPS) is 12.6. The third kappa shape index (κ3) is 7.29. The van der Waals surface area contributed by atoms with Crippen molar-refractivity contribution in [1.29, 1.82) is 0 Å². The first-order chi connectivity index (χ1) is 11.6. The zero-order chi connectivity index (χ0) is 17.4. The molecule has 1 heterocycles. The number of nitrogens with zero attached hydrogens (tertiary/aromatic N) is 2. The zero-order valence-corrected chi connectivity index (χ0v) is 18.0. The van der Waals surface area contributed by atoms with Gasteiger partial charge in [0.15, 0.2) is 5.96 Å². The van der Waals surface area contributed by atoms with E-state index in [4.69, 9.17) is 0 Å². The van der Waals surface area contributed by atoms with Crippen LogP contribution in [0.2, 0.25) is 0 Å². The molecule has 4 nitrogen and oxygen atoms in total. The van der Waals surface area contributed by atoms with Crippen molar-refractivity contribution >= 4 is 41.3 Å². The highest BCUT2D eigenvalue weighted by Gasteiger charge is 2.15. The number of hydrogen-bond acceptors (Lipinski definition) is 3. The van der Waals surface area contributed by atoms with Gasteiger partial charge in [-0.3, -0.25) is 0 Å². The molecule has 0 saturated heterocycles. The van der Waals surface area contributed by atoms with Crippen LogP contribution in [-0.4, -0.2) is 38.0 Å². The molecule has 1 unspecified atom stereocenters. The third-order valence-electron chi connectivity index (χ3n) is 3.66. The second-order valence-electron chi connectivity index (χ2n) is 5.74. The minimum absolute atomic E-state index is 0. The number of aliphatic imine (C=N–C) groups is 1. The summed E-state index contributed by atoms with van der Waals surface area (Å²) in [4.78, 5) is 6.68. The minimum Gasteiger partial charge on any atom is -0.357 e. The van der Waals surface area contributed by atoms with Crippen LogP contribution in [0.25, 0.3) is 0 Å². The molecule has 138 valence electrons. The number of thiophene rings is 1. The quantitative estimate of drug-likeness (QED) is 0.362. The highest BCUT2D eigenvalue weighted by atomic mass is 127. The maximum Gasteiger partial charge on any atom is 0.191 e. The number of nitrogens with one attached hydrogen (secondary N) is 2. The van der Waals surface area contributed by atoms with E-state index in [2.05, 4.69) is 37.4 Å². The summed E-state index contributed by atoms with van der Waals surface area (Å²) in [6, 6.07) is 8.89. The Morgan fingerprint density at radius 2 is 2.08 bits per heavy atom. The van der Waals surface area contributed by atoms with Crippen LogP contribution in [0.1, 0.15) is 24.1 Å². The largest absolute Gasteiger partial charge is 0.357 e. The molecular weight excluding hydrogens is 450 g/mol. The number of guanidine groups is 1. The Hall–Kier alpha value is -1.19. The molecule has 2 aromatic rings. The summed E-state index contributed by atoms with van der Waals surface area (Å²) in [7, 11) is 3.99.